The number of anilines is 1. The monoisotopic (exact) mass is 336 g/mol. The Kier molecular flexibility index (Phi) is 3.36. The molecule has 1 saturated heterocycles. The minimum absolute atomic E-state index is 0.0402. The van der Waals surface area contributed by atoms with Crippen LogP contribution >= 0.6 is 0 Å². The van der Waals surface area contributed by atoms with Crippen LogP contribution in [0, 0.1) is 5.92 Å². The highest BCUT2D eigenvalue weighted by Gasteiger charge is 2.36. The lowest BCUT2D eigenvalue weighted by Gasteiger charge is -2.18. The second-order valence-corrected chi connectivity index (χ2v) is 6.00. The molecule has 2 aliphatic rings. The zero-order valence-electron chi connectivity index (χ0n) is 12.7. The maximum Gasteiger partial charge on any atom is 0.288 e. The van der Waals surface area contributed by atoms with Gasteiger partial charge in [0.05, 0.1) is 18.1 Å². The molecule has 0 spiro atoms. The van der Waals surface area contributed by atoms with Crippen molar-refractivity contribution in [2.45, 2.75) is 25.7 Å². The molecular formula is C15H14F2N4O3. The van der Waals surface area contributed by atoms with Crippen LogP contribution in [0.3, 0.4) is 0 Å². The van der Waals surface area contributed by atoms with Crippen molar-refractivity contribution in [2.24, 2.45) is 5.92 Å². The van der Waals surface area contributed by atoms with Gasteiger partial charge in [-0.3, -0.25) is 4.79 Å². The van der Waals surface area contributed by atoms with Gasteiger partial charge in [0.2, 0.25) is 5.83 Å². The van der Waals surface area contributed by atoms with Gasteiger partial charge in [-0.05, 0) is 6.42 Å². The number of hydrogen-bond donors (Lipinski definition) is 2. The minimum Gasteiger partial charge on any atom is -0.394 e. The predicted molar refractivity (Wildman–Crippen MR) is 80.1 cm³/mol. The van der Waals surface area contributed by atoms with Crippen LogP contribution in [0.4, 0.5) is 14.6 Å². The number of amides is 1. The molecule has 4 rings (SSSR count). The molecule has 2 aliphatic heterocycles. The summed E-state index contributed by atoms with van der Waals surface area (Å²) in [6.07, 6.45) is 2.42. The highest BCUT2D eigenvalue weighted by Crippen LogP contribution is 2.41. The fourth-order valence-corrected chi connectivity index (χ4v) is 3.30. The van der Waals surface area contributed by atoms with Crippen molar-refractivity contribution in [1.82, 2.24) is 14.5 Å². The van der Waals surface area contributed by atoms with Gasteiger partial charge in [-0.1, -0.05) is 6.92 Å². The maximum atomic E-state index is 14.4. The molecule has 24 heavy (non-hydrogen) atoms. The van der Waals surface area contributed by atoms with Gasteiger partial charge in [0.15, 0.2) is 5.83 Å². The third kappa shape index (κ3) is 2.05. The lowest BCUT2D eigenvalue weighted by atomic mass is 10.1. The zero-order valence-corrected chi connectivity index (χ0v) is 12.7. The first-order valence-electron chi connectivity index (χ1n) is 7.50. The second kappa shape index (κ2) is 5.32. The number of aromatic nitrogens is 3. The van der Waals surface area contributed by atoms with E-state index in [4.69, 9.17) is 4.74 Å². The van der Waals surface area contributed by atoms with Crippen molar-refractivity contribution < 1.29 is 23.4 Å². The van der Waals surface area contributed by atoms with E-state index in [9.17, 15) is 18.7 Å². The van der Waals surface area contributed by atoms with Gasteiger partial charge in [-0.2, -0.15) is 4.39 Å². The fourth-order valence-electron chi connectivity index (χ4n) is 3.30. The minimum atomic E-state index is -1.50. The van der Waals surface area contributed by atoms with E-state index >= 15 is 0 Å². The van der Waals surface area contributed by atoms with Gasteiger partial charge >= 0.3 is 0 Å². The molecule has 126 valence electrons. The lowest BCUT2D eigenvalue weighted by molar-refractivity contribution is -0.114. The average Bonchev–Trinajstić information content (AvgIpc) is 3.11. The lowest BCUT2D eigenvalue weighted by Crippen LogP contribution is -2.16. The largest absolute Gasteiger partial charge is 0.394 e. The molecule has 1 amide bonds. The number of hydrogen-bond acceptors (Lipinski definition) is 5. The molecule has 0 aliphatic carbocycles. The van der Waals surface area contributed by atoms with Crippen LogP contribution in [0.2, 0.25) is 0 Å². The van der Waals surface area contributed by atoms with E-state index < -0.39 is 23.8 Å². The zero-order chi connectivity index (χ0) is 17.0. The first-order valence-corrected chi connectivity index (χ1v) is 7.50. The van der Waals surface area contributed by atoms with Gasteiger partial charge in [-0.25, -0.2) is 14.4 Å². The predicted octanol–water partition coefficient (Wildman–Crippen LogP) is 1.91. The average molecular weight is 336 g/mol. The van der Waals surface area contributed by atoms with Crippen LogP contribution in [0.25, 0.3) is 16.9 Å². The summed E-state index contributed by atoms with van der Waals surface area (Å²) in [5.41, 5.74) is 0.232. The molecule has 3 atom stereocenters. The van der Waals surface area contributed by atoms with Gasteiger partial charge in [-0.15, -0.1) is 0 Å². The summed E-state index contributed by atoms with van der Waals surface area (Å²) < 4.78 is 35.6. The van der Waals surface area contributed by atoms with Crippen molar-refractivity contribution in [3.8, 4) is 0 Å². The van der Waals surface area contributed by atoms with Crippen molar-refractivity contribution >= 4 is 28.6 Å². The van der Waals surface area contributed by atoms with E-state index in [-0.39, 0.29) is 35.4 Å². The third-order valence-corrected chi connectivity index (χ3v) is 4.40. The molecule has 4 heterocycles. The van der Waals surface area contributed by atoms with E-state index in [2.05, 4.69) is 15.3 Å². The first kappa shape index (κ1) is 15.2. The SMILES string of the molecule is C[C@H]1C[C@@H](CO)O[C@H]1n1cc2c3c(ncnc31)NC(=O)C(F)=C2F. The van der Waals surface area contributed by atoms with Crippen molar-refractivity contribution in [3.05, 3.63) is 23.9 Å². The molecule has 0 bridgehead atoms. The Balaban J connectivity index is 1.93. The molecule has 0 unspecified atom stereocenters. The molecule has 0 radical (unpaired) electrons. The Morgan fingerprint density at radius 1 is 1.42 bits per heavy atom. The number of carbonyl (C=O) groups is 1. The molecular weight excluding hydrogens is 322 g/mol. The van der Waals surface area contributed by atoms with Gasteiger partial charge < -0.3 is 19.7 Å². The molecule has 0 aromatic carbocycles. The quantitative estimate of drug-likeness (QED) is 0.874. The Labute approximate surface area is 135 Å². The van der Waals surface area contributed by atoms with E-state index in [1.165, 1.54) is 12.5 Å². The molecule has 7 nitrogen and oxygen atoms in total. The number of rotatable bonds is 2. The standard InChI is InChI=1S/C15H14F2N4O3/c1-6-2-7(4-22)24-15(6)21-3-8-9-12(18-5-19-13(9)21)20-14(23)11(17)10(8)16/h3,5-7,15,22H,2,4H2,1H3,(H,18,19,20,23)/t6-,7-,15+/m0/s1. The highest BCUT2D eigenvalue weighted by molar-refractivity contribution is 6.14. The summed E-state index contributed by atoms with van der Waals surface area (Å²) in [7, 11) is 0. The van der Waals surface area contributed by atoms with E-state index in [0.717, 1.165) is 0 Å². The van der Waals surface area contributed by atoms with Crippen LogP contribution in [0.15, 0.2) is 18.4 Å². The third-order valence-electron chi connectivity index (χ3n) is 4.40. The molecule has 1 fully saturated rings. The van der Waals surface area contributed by atoms with E-state index in [0.29, 0.717) is 12.1 Å². The summed E-state index contributed by atoms with van der Waals surface area (Å²) in [4.78, 5) is 19.7. The smallest absolute Gasteiger partial charge is 0.288 e. The first-order chi connectivity index (χ1) is 11.5. The summed E-state index contributed by atoms with van der Waals surface area (Å²) in [6, 6.07) is 0. The summed E-state index contributed by atoms with van der Waals surface area (Å²) in [5.74, 6) is -3.85. The summed E-state index contributed by atoms with van der Waals surface area (Å²) in [6.45, 7) is 1.82. The highest BCUT2D eigenvalue weighted by atomic mass is 19.2. The second-order valence-electron chi connectivity index (χ2n) is 6.00. The number of aliphatic hydroxyl groups is 1. The summed E-state index contributed by atoms with van der Waals surface area (Å²) >= 11 is 0. The van der Waals surface area contributed by atoms with Gasteiger partial charge in [0.1, 0.15) is 24.0 Å². The van der Waals surface area contributed by atoms with E-state index in [1.807, 2.05) is 6.92 Å². The van der Waals surface area contributed by atoms with Gasteiger partial charge in [0.25, 0.3) is 5.91 Å². The maximum absolute atomic E-state index is 14.4. The number of carbonyl (C=O) groups excluding carboxylic acids is 1. The van der Waals surface area contributed by atoms with Crippen LogP contribution in [-0.4, -0.2) is 38.3 Å². The normalized spacial score (nSPS) is 26.8. The number of nitrogens with one attached hydrogen (secondary N) is 1. The molecule has 2 aromatic heterocycles. The van der Waals surface area contributed by atoms with Crippen LogP contribution < -0.4 is 5.32 Å². The van der Waals surface area contributed by atoms with Crippen molar-refractivity contribution in [2.75, 3.05) is 11.9 Å². The topological polar surface area (TPSA) is 89.3 Å². The fraction of sp³-hybridized carbons (Fsp3) is 0.400. The number of aliphatic hydroxyl groups excluding tert-OH is 1. The molecule has 9 heteroatoms. The summed E-state index contributed by atoms with van der Waals surface area (Å²) in [5, 5.41) is 11.8. The number of ether oxygens (including phenoxy) is 1. The van der Waals surface area contributed by atoms with Crippen LogP contribution in [0.1, 0.15) is 25.1 Å². The van der Waals surface area contributed by atoms with Gasteiger partial charge in [0, 0.05) is 17.7 Å². The van der Waals surface area contributed by atoms with E-state index in [1.54, 1.807) is 4.57 Å². The molecule has 0 saturated carbocycles. The Hall–Kier alpha value is -2.39. The van der Waals surface area contributed by atoms with Crippen LogP contribution in [0.5, 0.6) is 0 Å². The Morgan fingerprint density at radius 3 is 2.92 bits per heavy atom. The Bertz CT molecular complexity index is 879. The van der Waals surface area contributed by atoms with Crippen molar-refractivity contribution in [3.63, 3.8) is 0 Å². The van der Waals surface area contributed by atoms with Crippen LogP contribution in [-0.2, 0) is 9.53 Å². The Morgan fingerprint density at radius 2 is 2.21 bits per heavy atom. The number of nitrogens with zero attached hydrogens (tertiary/aromatic N) is 3. The van der Waals surface area contributed by atoms with Crippen molar-refractivity contribution in [1.29, 1.82) is 0 Å². The molecule has 2 aromatic rings. The molecule has 2 N–H and O–H groups in total. The number of halogens is 2.